The van der Waals surface area contributed by atoms with Crippen LogP contribution in [0.3, 0.4) is 0 Å². The first-order valence-electron chi connectivity index (χ1n) is 9.24. The van der Waals surface area contributed by atoms with Crippen molar-refractivity contribution in [3.63, 3.8) is 0 Å². The SMILES string of the molecule is Cn1c2c(c3ccccc31)C[C@H]1C(C#N)=CC[C@@H]2N1Cc1ccccc1. The summed E-state index contributed by atoms with van der Waals surface area (Å²) < 4.78 is 2.37. The molecule has 0 unspecified atom stereocenters. The zero-order valence-electron chi connectivity index (χ0n) is 14.9. The van der Waals surface area contributed by atoms with Gasteiger partial charge in [-0.3, -0.25) is 4.90 Å². The Bertz CT molecular complexity index is 1050. The molecule has 2 aliphatic rings. The summed E-state index contributed by atoms with van der Waals surface area (Å²) in [6.45, 7) is 0.885. The molecule has 0 amide bonds. The molecule has 0 saturated carbocycles. The molecule has 0 radical (unpaired) electrons. The molecule has 3 aromatic rings. The van der Waals surface area contributed by atoms with Crippen LogP contribution in [0.4, 0.5) is 0 Å². The standard InChI is InChI=1S/C23H21N3/c1-25-20-10-6-5-9-18(20)19-13-22-17(14-24)11-12-21(23(19)25)26(22)15-16-7-3-2-4-8-16/h2-11,21-22H,12-13,15H2,1H3/t21-,22-/m0/s1. The number of hydrogen-bond donors (Lipinski definition) is 0. The molecule has 3 nitrogen and oxygen atoms in total. The molecule has 1 aromatic heterocycles. The van der Waals surface area contributed by atoms with E-state index >= 15 is 0 Å². The number of fused-ring (bicyclic) bond motifs is 6. The maximum Gasteiger partial charge on any atom is 0.0960 e. The van der Waals surface area contributed by atoms with Crippen LogP contribution >= 0.6 is 0 Å². The Kier molecular flexibility index (Phi) is 3.48. The fourth-order valence-electron chi connectivity index (χ4n) is 4.86. The van der Waals surface area contributed by atoms with Gasteiger partial charge in [-0.05, 0) is 30.0 Å². The predicted octanol–water partition coefficient (Wildman–Crippen LogP) is 4.50. The van der Waals surface area contributed by atoms with Crippen LogP contribution in [-0.2, 0) is 20.0 Å². The van der Waals surface area contributed by atoms with Gasteiger partial charge >= 0.3 is 0 Å². The lowest BCUT2D eigenvalue weighted by Crippen LogP contribution is -2.46. The van der Waals surface area contributed by atoms with E-state index in [0.29, 0.717) is 6.04 Å². The first-order valence-corrected chi connectivity index (χ1v) is 9.24. The van der Waals surface area contributed by atoms with Gasteiger partial charge in [-0.1, -0.05) is 54.6 Å². The van der Waals surface area contributed by atoms with Gasteiger partial charge < -0.3 is 4.57 Å². The summed E-state index contributed by atoms with van der Waals surface area (Å²) in [6.07, 6.45) is 3.99. The van der Waals surface area contributed by atoms with Gasteiger partial charge in [-0.15, -0.1) is 0 Å². The Morgan fingerprint density at radius 3 is 2.62 bits per heavy atom. The zero-order chi connectivity index (χ0) is 17.7. The highest BCUT2D eigenvalue weighted by molar-refractivity contribution is 5.86. The third kappa shape index (κ3) is 2.16. The highest BCUT2D eigenvalue weighted by Crippen LogP contribution is 2.45. The van der Waals surface area contributed by atoms with Crippen LogP contribution in [0.2, 0.25) is 0 Å². The molecule has 3 heteroatoms. The summed E-state index contributed by atoms with van der Waals surface area (Å²) in [7, 11) is 2.19. The van der Waals surface area contributed by atoms with E-state index in [2.05, 4.69) is 83.3 Å². The van der Waals surface area contributed by atoms with Gasteiger partial charge in [0, 0.05) is 41.8 Å². The van der Waals surface area contributed by atoms with Crippen LogP contribution in [0.15, 0.2) is 66.2 Å². The first kappa shape index (κ1) is 15.4. The molecule has 5 rings (SSSR count). The quantitative estimate of drug-likeness (QED) is 0.688. The van der Waals surface area contributed by atoms with Gasteiger partial charge in [0.05, 0.1) is 12.1 Å². The fraction of sp³-hybridized carbons (Fsp3) is 0.261. The van der Waals surface area contributed by atoms with Crippen molar-refractivity contribution in [2.75, 3.05) is 0 Å². The van der Waals surface area contributed by atoms with Crippen molar-refractivity contribution in [2.45, 2.75) is 31.5 Å². The molecule has 0 saturated heterocycles. The first-order chi connectivity index (χ1) is 12.8. The van der Waals surface area contributed by atoms with E-state index in [1.54, 1.807) is 0 Å². The molecule has 3 heterocycles. The topological polar surface area (TPSA) is 32.0 Å². The van der Waals surface area contributed by atoms with Crippen molar-refractivity contribution in [1.82, 2.24) is 9.47 Å². The lowest BCUT2D eigenvalue weighted by molar-refractivity contribution is 0.115. The zero-order valence-corrected chi connectivity index (χ0v) is 14.9. The number of nitriles is 1. The van der Waals surface area contributed by atoms with Crippen LogP contribution in [0.25, 0.3) is 10.9 Å². The number of rotatable bonds is 2. The largest absolute Gasteiger partial charge is 0.346 e. The fourth-order valence-corrected chi connectivity index (χ4v) is 4.86. The maximum atomic E-state index is 9.70. The molecule has 26 heavy (non-hydrogen) atoms. The third-order valence-electron chi connectivity index (χ3n) is 6.03. The number of aryl methyl sites for hydroxylation is 1. The van der Waals surface area contributed by atoms with Gasteiger partial charge in [0.25, 0.3) is 0 Å². The molecule has 0 spiro atoms. The monoisotopic (exact) mass is 339 g/mol. The molecule has 2 bridgehead atoms. The van der Waals surface area contributed by atoms with Gasteiger partial charge in [0.1, 0.15) is 0 Å². The van der Waals surface area contributed by atoms with Crippen LogP contribution in [-0.4, -0.2) is 15.5 Å². The minimum absolute atomic E-state index is 0.178. The van der Waals surface area contributed by atoms with Gasteiger partial charge in [0.2, 0.25) is 0 Å². The van der Waals surface area contributed by atoms with Crippen molar-refractivity contribution in [3.05, 3.63) is 83.1 Å². The second-order valence-corrected chi connectivity index (χ2v) is 7.34. The summed E-state index contributed by atoms with van der Waals surface area (Å²) in [6, 6.07) is 22.3. The van der Waals surface area contributed by atoms with E-state index in [9.17, 15) is 5.26 Å². The summed E-state index contributed by atoms with van der Waals surface area (Å²) >= 11 is 0. The molecule has 2 aliphatic heterocycles. The third-order valence-corrected chi connectivity index (χ3v) is 6.03. The lowest BCUT2D eigenvalue weighted by atomic mass is 9.82. The van der Waals surface area contributed by atoms with Crippen molar-refractivity contribution in [2.24, 2.45) is 7.05 Å². The van der Waals surface area contributed by atoms with Gasteiger partial charge in [0.15, 0.2) is 0 Å². The Morgan fingerprint density at radius 1 is 1.04 bits per heavy atom. The highest BCUT2D eigenvalue weighted by atomic mass is 15.2. The average Bonchev–Trinajstić information content (AvgIpc) is 2.95. The van der Waals surface area contributed by atoms with E-state index < -0.39 is 0 Å². The summed E-state index contributed by atoms with van der Waals surface area (Å²) in [5, 5.41) is 11.0. The average molecular weight is 339 g/mol. The van der Waals surface area contributed by atoms with E-state index in [1.807, 2.05) is 0 Å². The molecule has 128 valence electrons. The summed E-state index contributed by atoms with van der Waals surface area (Å²) in [5.74, 6) is 0. The molecule has 2 aromatic carbocycles. The van der Waals surface area contributed by atoms with E-state index in [1.165, 1.54) is 27.7 Å². The highest BCUT2D eigenvalue weighted by Gasteiger charge is 2.41. The molecular formula is C23H21N3. The number of nitrogens with zero attached hydrogens (tertiary/aromatic N) is 3. The normalized spacial score (nSPS) is 21.9. The Morgan fingerprint density at radius 2 is 1.81 bits per heavy atom. The minimum atomic E-state index is 0.178. The molecular weight excluding hydrogens is 318 g/mol. The lowest BCUT2D eigenvalue weighted by Gasteiger charge is -2.45. The smallest absolute Gasteiger partial charge is 0.0960 e. The van der Waals surface area contributed by atoms with E-state index in [4.69, 9.17) is 0 Å². The Labute approximate surface area is 153 Å². The molecule has 0 fully saturated rings. The van der Waals surface area contributed by atoms with E-state index in [0.717, 1.165) is 25.0 Å². The van der Waals surface area contributed by atoms with Gasteiger partial charge in [-0.2, -0.15) is 5.26 Å². The summed E-state index contributed by atoms with van der Waals surface area (Å²) in [5.41, 5.74) is 6.39. The van der Waals surface area contributed by atoms with Crippen molar-refractivity contribution >= 4 is 10.9 Å². The van der Waals surface area contributed by atoms with E-state index in [-0.39, 0.29) is 6.04 Å². The number of aromatic nitrogens is 1. The summed E-state index contributed by atoms with van der Waals surface area (Å²) in [4.78, 5) is 2.54. The molecule has 0 aliphatic carbocycles. The minimum Gasteiger partial charge on any atom is -0.346 e. The van der Waals surface area contributed by atoms with Crippen LogP contribution < -0.4 is 0 Å². The number of para-hydroxylation sites is 1. The molecule has 0 N–H and O–H groups in total. The number of hydrogen-bond acceptors (Lipinski definition) is 2. The van der Waals surface area contributed by atoms with Crippen molar-refractivity contribution < 1.29 is 0 Å². The second-order valence-electron chi connectivity index (χ2n) is 7.34. The van der Waals surface area contributed by atoms with Crippen LogP contribution in [0.5, 0.6) is 0 Å². The maximum absolute atomic E-state index is 9.70. The Hall–Kier alpha value is -2.83. The van der Waals surface area contributed by atoms with Gasteiger partial charge in [-0.25, -0.2) is 0 Å². The second kappa shape index (κ2) is 5.86. The van der Waals surface area contributed by atoms with Crippen molar-refractivity contribution in [3.8, 4) is 6.07 Å². The Balaban J connectivity index is 1.66. The van der Waals surface area contributed by atoms with Crippen molar-refractivity contribution in [1.29, 1.82) is 5.26 Å². The predicted molar refractivity (Wildman–Crippen MR) is 103 cm³/mol. The van der Waals surface area contributed by atoms with Crippen LogP contribution in [0, 0.1) is 11.3 Å². The molecule has 2 atom stereocenters. The number of benzene rings is 2. The van der Waals surface area contributed by atoms with Crippen LogP contribution in [0.1, 0.15) is 29.3 Å².